The number of H-pyrrole nitrogens is 1. The van der Waals surface area contributed by atoms with Gasteiger partial charge < -0.3 is 10.6 Å². The van der Waals surface area contributed by atoms with Gasteiger partial charge in [0.2, 0.25) is 17.6 Å². The molecule has 2 aromatic rings. The van der Waals surface area contributed by atoms with Crippen LogP contribution >= 0.6 is 0 Å². The van der Waals surface area contributed by atoms with Gasteiger partial charge in [-0.2, -0.15) is 5.21 Å². The van der Waals surface area contributed by atoms with E-state index in [-0.39, 0.29) is 11.8 Å². The first-order valence-electron chi connectivity index (χ1n) is 8.50. The van der Waals surface area contributed by atoms with Crippen molar-refractivity contribution in [1.82, 2.24) is 25.5 Å². The Hall–Kier alpha value is -2.77. The highest BCUT2D eigenvalue weighted by Crippen LogP contribution is 2.22. The Morgan fingerprint density at radius 1 is 1.36 bits per heavy atom. The fraction of sp³-hybridized carbons (Fsp3) is 0.471. The zero-order chi connectivity index (χ0) is 17.6. The van der Waals surface area contributed by atoms with E-state index in [0.717, 1.165) is 36.9 Å². The molecule has 3 N–H and O–H groups in total. The van der Waals surface area contributed by atoms with Gasteiger partial charge in [0.15, 0.2) is 0 Å². The first-order valence-corrected chi connectivity index (χ1v) is 8.50. The molecule has 0 radical (unpaired) electrons. The van der Waals surface area contributed by atoms with Crippen LogP contribution in [-0.4, -0.2) is 50.4 Å². The van der Waals surface area contributed by atoms with Gasteiger partial charge >= 0.3 is 0 Å². The van der Waals surface area contributed by atoms with Gasteiger partial charge in [-0.25, -0.2) is 0 Å². The van der Waals surface area contributed by atoms with Crippen molar-refractivity contribution < 1.29 is 9.59 Å². The summed E-state index contributed by atoms with van der Waals surface area (Å²) in [6.07, 6.45) is 3.50. The number of carbonyl (C=O) groups excluding carboxylic acids is 2. The lowest BCUT2D eigenvalue weighted by Gasteiger charge is -2.32. The summed E-state index contributed by atoms with van der Waals surface area (Å²) in [5.41, 5.74) is 6.98. The molecular weight excluding hydrogens is 320 g/mol. The lowest BCUT2D eigenvalue weighted by atomic mass is 9.93. The molecule has 25 heavy (non-hydrogen) atoms. The topological polar surface area (TPSA) is 118 Å². The van der Waals surface area contributed by atoms with E-state index in [1.807, 2.05) is 29.2 Å². The molecule has 1 atom stereocenters. The molecule has 1 saturated heterocycles. The maximum atomic E-state index is 12.6. The zero-order valence-corrected chi connectivity index (χ0v) is 14.0. The Kier molecular flexibility index (Phi) is 5.37. The molecule has 2 heterocycles. The quantitative estimate of drug-likeness (QED) is 0.809. The van der Waals surface area contributed by atoms with Crippen LogP contribution in [0.25, 0.3) is 11.4 Å². The van der Waals surface area contributed by atoms with Crippen LogP contribution in [0, 0.1) is 5.92 Å². The van der Waals surface area contributed by atoms with E-state index in [1.54, 1.807) is 0 Å². The molecule has 132 valence electrons. The Labute approximate surface area is 145 Å². The highest BCUT2D eigenvalue weighted by atomic mass is 16.2. The number of tetrazole rings is 1. The molecule has 1 aliphatic heterocycles. The molecule has 1 unspecified atom stereocenters. The number of hydrogen-bond donors (Lipinski definition) is 2. The maximum Gasteiger partial charge on any atom is 0.226 e. The van der Waals surface area contributed by atoms with Crippen LogP contribution < -0.4 is 5.73 Å². The van der Waals surface area contributed by atoms with Crippen LogP contribution in [0.3, 0.4) is 0 Å². The van der Waals surface area contributed by atoms with Crippen molar-refractivity contribution in [3.8, 4) is 11.4 Å². The van der Waals surface area contributed by atoms with Crippen LogP contribution in [0.2, 0.25) is 0 Å². The zero-order valence-electron chi connectivity index (χ0n) is 14.0. The van der Waals surface area contributed by atoms with Crippen LogP contribution in [0.5, 0.6) is 0 Å². The Balaban J connectivity index is 1.60. The number of aromatic nitrogens is 4. The number of piperidine rings is 1. The number of likely N-dealkylation sites (tertiary alicyclic amines) is 1. The van der Waals surface area contributed by atoms with Crippen molar-refractivity contribution in [2.24, 2.45) is 11.7 Å². The van der Waals surface area contributed by atoms with Gasteiger partial charge in [-0.05, 0) is 42.0 Å². The number of benzene rings is 1. The van der Waals surface area contributed by atoms with Gasteiger partial charge in [0.25, 0.3) is 0 Å². The van der Waals surface area contributed by atoms with Crippen molar-refractivity contribution >= 4 is 11.8 Å². The molecule has 8 nitrogen and oxygen atoms in total. The SMILES string of the molecule is NC(=O)CCC1CCCN(C(=O)Cc2cccc(-c3nn[nH]n3)c2)C1. The third-order valence-corrected chi connectivity index (χ3v) is 4.56. The van der Waals surface area contributed by atoms with E-state index in [2.05, 4.69) is 20.6 Å². The van der Waals surface area contributed by atoms with Crippen LogP contribution in [0.1, 0.15) is 31.2 Å². The molecule has 0 bridgehead atoms. The normalized spacial score (nSPS) is 17.4. The van der Waals surface area contributed by atoms with Crippen molar-refractivity contribution in [3.63, 3.8) is 0 Å². The Bertz CT molecular complexity index is 730. The summed E-state index contributed by atoms with van der Waals surface area (Å²) in [5, 5.41) is 13.9. The number of nitrogens with one attached hydrogen (secondary N) is 1. The van der Waals surface area contributed by atoms with Gasteiger partial charge in [0.05, 0.1) is 6.42 Å². The summed E-state index contributed by atoms with van der Waals surface area (Å²) in [4.78, 5) is 25.5. The summed E-state index contributed by atoms with van der Waals surface area (Å²) in [7, 11) is 0. The van der Waals surface area contributed by atoms with E-state index in [4.69, 9.17) is 5.73 Å². The number of amides is 2. The van der Waals surface area contributed by atoms with Gasteiger partial charge in [-0.15, -0.1) is 10.2 Å². The van der Waals surface area contributed by atoms with Crippen LogP contribution in [0.4, 0.5) is 0 Å². The van der Waals surface area contributed by atoms with Crippen LogP contribution in [0.15, 0.2) is 24.3 Å². The summed E-state index contributed by atoms with van der Waals surface area (Å²) in [6, 6.07) is 7.62. The minimum Gasteiger partial charge on any atom is -0.370 e. The van der Waals surface area contributed by atoms with Crippen molar-refractivity contribution in [1.29, 1.82) is 0 Å². The molecule has 1 aromatic carbocycles. The molecule has 0 saturated carbocycles. The number of primary amides is 1. The summed E-state index contributed by atoms with van der Waals surface area (Å²) in [6.45, 7) is 1.48. The molecule has 0 spiro atoms. The molecule has 3 rings (SSSR count). The molecule has 0 aliphatic carbocycles. The second-order valence-electron chi connectivity index (χ2n) is 6.47. The van der Waals surface area contributed by atoms with Gasteiger partial charge in [0, 0.05) is 25.1 Å². The second-order valence-corrected chi connectivity index (χ2v) is 6.47. The van der Waals surface area contributed by atoms with Gasteiger partial charge in [-0.1, -0.05) is 18.2 Å². The maximum absolute atomic E-state index is 12.6. The molecule has 1 aliphatic rings. The van der Waals surface area contributed by atoms with Crippen molar-refractivity contribution in [2.45, 2.75) is 32.1 Å². The summed E-state index contributed by atoms with van der Waals surface area (Å²) in [5.74, 6) is 0.699. The van der Waals surface area contributed by atoms with Crippen LogP contribution in [-0.2, 0) is 16.0 Å². The van der Waals surface area contributed by atoms with Crippen molar-refractivity contribution in [2.75, 3.05) is 13.1 Å². The smallest absolute Gasteiger partial charge is 0.226 e. The number of rotatable bonds is 6. The number of nitrogens with two attached hydrogens (primary N) is 1. The lowest BCUT2D eigenvalue weighted by molar-refractivity contribution is -0.132. The third-order valence-electron chi connectivity index (χ3n) is 4.56. The fourth-order valence-corrected chi connectivity index (χ4v) is 3.26. The van der Waals surface area contributed by atoms with E-state index in [0.29, 0.717) is 31.1 Å². The van der Waals surface area contributed by atoms with E-state index in [9.17, 15) is 9.59 Å². The largest absolute Gasteiger partial charge is 0.370 e. The number of carbonyl (C=O) groups is 2. The fourth-order valence-electron chi connectivity index (χ4n) is 3.26. The highest BCUT2D eigenvalue weighted by Gasteiger charge is 2.24. The molecular formula is C17H22N6O2. The molecule has 2 amide bonds. The summed E-state index contributed by atoms with van der Waals surface area (Å²) >= 11 is 0. The molecule has 1 fully saturated rings. The number of nitrogens with zero attached hydrogens (tertiary/aromatic N) is 4. The van der Waals surface area contributed by atoms with E-state index < -0.39 is 0 Å². The highest BCUT2D eigenvalue weighted by molar-refractivity contribution is 5.79. The lowest BCUT2D eigenvalue weighted by Crippen LogP contribution is -2.40. The molecule has 1 aromatic heterocycles. The minimum absolute atomic E-state index is 0.106. The standard InChI is InChI=1S/C17H22N6O2/c18-15(24)7-6-12-4-2-8-23(11-12)16(25)10-13-3-1-5-14(9-13)17-19-21-22-20-17/h1,3,5,9,12H,2,4,6-8,10-11H2,(H2,18,24)(H,19,20,21,22). The molecule has 8 heteroatoms. The Morgan fingerprint density at radius 3 is 3.00 bits per heavy atom. The number of aromatic amines is 1. The monoisotopic (exact) mass is 342 g/mol. The van der Waals surface area contributed by atoms with Gasteiger partial charge in [-0.3, -0.25) is 9.59 Å². The van der Waals surface area contributed by atoms with E-state index >= 15 is 0 Å². The second kappa shape index (κ2) is 7.87. The van der Waals surface area contributed by atoms with Crippen molar-refractivity contribution in [3.05, 3.63) is 29.8 Å². The minimum atomic E-state index is -0.276. The average molecular weight is 342 g/mol. The first kappa shape index (κ1) is 17.1. The average Bonchev–Trinajstić information content (AvgIpc) is 3.15. The van der Waals surface area contributed by atoms with Gasteiger partial charge in [0.1, 0.15) is 0 Å². The number of hydrogen-bond acceptors (Lipinski definition) is 5. The third kappa shape index (κ3) is 4.62. The summed E-state index contributed by atoms with van der Waals surface area (Å²) < 4.78 is 0. The predicted molar refractivity (Wildman–Crippen MR) is 91.1 cm³/mol. The predicted octanol–water partition coefficient (Wildman–Crippen LogP) is 0.913. The first-order chi connectivity index (χ1) is 12.1. The Morgan fingerprint density at radius 2 is 2.24 bits per heavy atom. The van der Waals surface area contributed by atoms with E-state index in [1.165, 1.54) is 0 Å².